The molecule has 0 spiro atoms. The Hall–Kier alpha value is -1.10. The van der Waals surface area contributed by atoms with Crippen LogP contribution in [0, 0.1) is 17.8 Å². The summed E-state index contributed by atoms with van der Waals surface area (Å²) in [5.41, 5.74) is 0. The van der Waals surface area contributed by atoms with Crippen LogP contribution in [-0.4, -0.2) is 47.2 Å². The SMILES string of the molecule is CC1CC(C(=O)O)C(C(=O)N2CC3CCC(C2)O3)C1. The molecule has 3 rings (SSSR count). The summed E-state index contributed by atoms with van der Waals surface area (Å²) >= 11 is 0. The Balaban J connectivity index is 1.71. The van der Waals surface area contributed by atoms with Crippen LogP contribution >= 0.6 is 0 Å². The minimum Gasteiger partial charge on any atom is -0.481 e. The molecule has 2 bridgehead atoms. The Bertz CT molecular complexity index is 385. The normalized spacial score (nSPS) is 41.5. The van der Waals surface area contributed by atoms with Crippen LogP contribution in [0.25, 0.3) is 0 Å². The van der Waals surface area contributed by atoms with Crippen molar-refractivity contribution in [3.05, 3.63) is 0 Å². The summed E-state index contributed by atoms with van der Waals surface area (Å²) in [4.78, 5) is 25.7. The van der Waals surface area contributed by atoms with Crippen LogP contribution in [0.1, 0.15) is 32.6 Å². The van der Waals surface area contributed by atoms with Crippen LogP contribution < -0.4 is 0 Å². The number of hydrogen-bond acceptors (Lipinski definition) is 3. The third kappa shape index (κ3) is 2.36. The van der Waals surface area contributed by atoms with E-state index in [4.69, 9.17) is 4.74 Å². The van der Waals surface area contributed by atoms with E-state index < -0.39 is 11.9 Å². The van der Waals surface area contributed by atoms with Crippen molar-refractivity contribution < 1.29 is 19.4 Å². The quantitative estimate of drug-likeness (QED) is 0.814. The fraction of sp³-hybridized carbons (Fsp3) is 0.857. The largest absolute Gasteiger partial charge is 0.481 e. The highest BCUT2D eigenvalue weighted by Crippen LogP contribution is 2.38. The van der Waals surface area contributed by atoms with Crippen molar-refractivity contribution in [2.24, 2.45) is 17.8 Å². The number of morpholine rings is 1. The van der Waals surface area contributed by atoms with Crippen LogP contribution in [-0.2, 0) is 14.3 Å². The lowest BCUT2D eigenvalue weighted by molar-refractivity contribution is -0.153. The third-order valence-corrected chi connectivity index (χ3v) is 4.79. The number of carboxylic acid groups (broad SMARTS) is 1. The zero-order valence-electron chi connectivity index (χ0n) is 11.2. The first-order valence-electron chi connectivity index (χ1n) is 7.21. The number of fused-ring (bicyclic) bond motifs is 2. The average Bonchev–Trinajstić information content (AvgIpc) is 2.91. The van der Waals surface area contributed by atoms with Crippen LogP contribution in [0.15, 0.2) is 0 Å². The Kier molecular flexibility index (Phi) is 3.25. The first-order chi connectivity index (χ1) is 9.04. The van der Waals surface area contributed by atoms with Gasteiger partial charge in [-0.3, -0.25) is 9.59 Å². The predicted octanol–water partition coefficient (Wildman–Crippen LogP) is 1.12. The molecule has 1 N–H and O–H groups in total. The first-order valence-corrected chi connectivity index (χ1v) is 7.21. The zero-order chi connectivity index (χ0) is 13.6. The lowest BCUT2D eigenvalue weighted by Crippen LogP contribution is -2.49. The van der Waals surface area contributed by atoms with Gasteiger partial charge in [0.05, 0.1) is 24.0 Å². The predicted molar refractivity (Wildman–Crippen MR) is 67.5 cm³/mol. The highest BCUT2D eigenvalue weighted by atomic mass is 16.5. The smallest absolute Gasteiger partial charge is 0.307 e. The molecule has 5 heteroatoms. The highest BCUT2D eigenvalue weighted by molar-refractivity contribution is 5.85. The number of hydrogen-bond donors (Lipinski definition) is 1. The van der Waals surface area contributed by atoms with Gasteiger partial charge in [0.1, 0.15) is 0 Å². The fourth-order valence-electron chi connectivity index (χ4n) is 3.87. The van der Waals surface area contributed by atoms with E-state index in [2.05, 4.69) is 0 Å². The number of rotatable bonds is 2. The standard InChI is InChI=1S/C14H21NO4/c1-8-4-11(12(5-8)14(17)18)13(16)15-6-9-2-3-10(7-15)19-9/h8-12H,2-7H2,1H3,(H,17,18). The number of aliphatic carboxylic acids is 1. The Morgan fingerprint density at radius 3 is 2.26 bits per heavy atom. The van der Waals surface area contributed by atoms with Crippen molar-refractivity contribution in [1.29, 1.82) is 0 Å². The molecule has 2 saturated heterocycles. The molecule has 5 nitrogen and oxygen atoms in total. The number of carboxylic acids is 1. The molecule has 0 aromatic carbocycles. The van der Waals surface area contributed by atoms with Crippen molar-refractivity contribution in [3.63, 3.8) is 0 Å². The van der Waals surface area contributed by atoms with Crippen molar-refractivity contribution in [2.45, 2.75) is 44.8 Å². The summed E-state index contributed by atoms with van der Waals surface area (Å²) < 4.78 is 5.73. The van der Waals surface area contributed by atoms with E-state index in [0.29, 0.717) is 31.8 Å². The summed E-state index contributed by atoms with van der Waals surface area (Å²) in [5.74, 6) is -1.28. The van der Waals surface area contributed by atoms with E-state index >= 15 is 0 Å². The zero-order valence-corrected chi connectivity index (χ0v) is 11.2. The summed E-state index contributed by atoms with van der Waals surface area (Å²) in [5, 5.41) is 9.27. The van der Waals surface area contributed by atoms with Gasteiger partial charge in [-0.1, -0.05) is 6.92 Å². The van der Waals surface area contributed by atoms with Gasteiger partial charge in [0, 0.05) is 13.1 Å². The van der Waals surface area contributed by atoms with E-state index in [0.717, 1.165) is 12.8 Å². The first kappa shape index (κ1) is 12.9. The molecule has 19 heavy (non-hydrogen) atoms. The topological polar surface area (TPSA) is 66.8 Å². The van der Waals surface area contributed by atoms with Crippen molar-refractivity contribution in [2.75, 3.05) is 13.1 Å². The summed E-state index contributed by atoms with van der Waals surface area (Å²) in [6.07, 6.45) is 3.73. The number of ether oxygens (including phenoxy) is 1. The maximum Gasteiger partial charge on any atom is 0.307 e. The number of carbonyl (C=O) groups excluding carboxylic acids is 1. The maximum atomic E-state index is 12.6. The monoisotopic (exact) mass is 267 g/mol. The molecule has 2 heterocycles. The Morgan fingerprint density at radius 1 is 1.11 bits per heavy atom. The lowest BCUT2D eigenvalue weighted by atomic mass is 9.94. The number of likely N-dealkylation sites (tertiary alicyclic amines) is 1. The molecule has 2 aliphatic heterocycles. The molecule has 0 aromatic rings. The molecule has 0 aromatic heterocycles. The molecule has 3 fully saturated rings. The van der Waals surface area contributed by atoms with E-state index in [1.807, 2.05) is 11.8 Å². The molecule has 5 atom stereocenters. The third-order valence-electron chi connectivity index (χ3n) is 4.79. The van der Waals surface area contributed by atoms with Crippen LogP contribution in [0.2, 0.25) is 0 Å². The van der Waals surface area contributed by atoms with Gasteiger partial charge in [-0.15, -0.1) is 0 Å². The summed E-state index contributed by atoms with van der Waals surface area (Å²) in [6, 6.07) is 0. The second-order valence-electron chi connectivity index (χ2n) is 6.33. The van der Waals surface area contributed by atoms with E-state index in [9.17, 15) is 14.7 Å². The average molecular weight is 267 g/mol. The summed E-state index contributed by atoms with van der Waals surface area (Å²) in [7, 11) is 0. The van der Waals surface area contributed by atoms with Gasteiger partial charge in [0.25, 0.3) is 0 Å². The van der Waals surface area contributed by atoms with Gasteiger partial charge in [-0.25, -0.2) is 0 Å². The summed E-state index contributed by atoms with van der Waals surface area (Å²) in [6.45, 7) is 3.32. The maximum absolute atomic E-state index is 12.6. The molecule has 1 amide bonds. The van der Waals surface area contributed by atoms with Gasteiger partial charge in [0.15, 0.2) is 0 Å². The van der Waals surface area contributed by atoms with Crippen molar-refractivity contribution in [1.82, 2.24) is 4.90 Å². The van der Waals surface area contributed by atoms with Gasteiger partial charge in [0.2, 0.25) is 5.91 Å². The second kappa shape index (κ2) is 4.78. The van der Waals surface area contributed by atoms with Gasteiger partial charge < -0.3 is 14.7 Å². The molecular formula is C14H21NO4. The molecule has 1 saturated carbocycles. The number of nitrogens with zero attached hydrogens (tertiary/aromatic N) is 1. The fourth-order valence-corrected chi connectivity index (χ4v) is 3.87. The van der Waals surface area contributed by atoms with Crippen LogP contribution in [0.4, 0.5) is 0 Å². The minimum absolute atomic E-state index is 0.0388. The van der Waals surface area contributed by atoms with E-state index in [-0.39, 0.29) is 24.0 Å². The molecule has 106 valence electrons. The van der Waals surface area contributed by atoms with E-state index in [1.165, 1.54) is 0 Å². The number of carbonyl (C=O) groups is 2. The Morgan fingerprint density at radius 2 is 1.68 bits per heavy atom. The molecule has 1 aliphatic carbocycles. The molecule has 5 unspecified atom stereocenters. The minimum atomic E-state index is -0.820. The lowest BCUT2D eigenvalue weighted by Gasteiger charge is -2.34. The van der Waals surface area contributed by atoms with Gasteiger partial charge in [-0.05, 0) is 31.6 Å². The van der Waals surface area contributed by atoms with E-state index in [1.54, 1.807) is 0 Å². The second-order valence-corrected chi connectivity index (χ2v) is 6.33. The molecule has 3 aliphatic rings. The van der Waals surface area contributed by atoms with Crippen molar-refractivity contribution >= 4 is 11.9 Å². The highest BCUT2D eigenvalue weighted by Gasteiger charge is 2.45. The van der Waals surface area contributed by atoms with Crippen molar-refractivity contribution in [3.8, 4) is 0 Å². The molecular weight excluding hydrogens is 246 g/mol. The van der Waals surface area contributed by atoms with Gasteiger partial charge in [-0.2, -0.15) is 0 Å². The Labute approximate surface area is 112 Å². The van der Waals surface area contributed by atoms with Crippen LogP contribution in [0.5, 0.6) is 0 Å². The van der Waals surface area contributed by atoms with Gasteiger partial charge >= 0.3 is 5.97 Å². The molecule has 0 radical (unpaired) electrons. The number of amides is 1. The van der Waals surface area contributed by atoms with Crippen LogP contribution in [0.3, 0.4) is 0 Å².